The number of morpholine rings is 1. The molecule has 1 atom stereocenters. The van der Waals surface area contributed by atoms with Gasteiger partial charge in [-0.3, -0.25) is 9.59 Å². The van der Waals surface area contributed by atoms with Crippen molar-refractivity contribution in [1.82, 2.24) is 9.80 Å². The highest BCUT2D eigenvalue weighted by Gasteiger charge is 2.32. The summed E-state index contributed by atoms with van der Waals surface area (Å²) in [5.74, 6) is 0.837. The molecule has 28 heavy (non-hydrogen) atoms. The van der Waals surface area contributed by atoms with Crippen LogP contribution >= 0.6 is 0 Å². The molecular weight excluding hydrogens is 352 g/mol. The number of carbonyl (C=O) groups excluding carboxylic acids is 2. The molecule has 1 saturated carbocycles. The Balaban J connectivity index is 1.37. The van der Waals surface area contributed by atoms with Crippen molar-refractivity contribution in [2.75, 3.05) is 39.4 Å². The Hall–Kier alpha value is -1.88. The van der Waals surface area contributed by atoms with Gasteiger partial charge in [0, 0.05) is 31.7 Å². The molecule has 2 aliphatic heterocycles. The van der Waals surface area contributed by atoms with Crippen LogP contribution in [0.1, 0.15) is 66.8 Å². The van der Waals surface area contributed by atoms with Crippen molar-refractivity contribution >= 4 is 11.8 Å². The van der Waals surface area contributed by atoms with Gasteiger partial charge in [0.05, 0.1) is 19.1 Å². The van der Waals surface area contributed by atoms with Crippen molar-refractivity contribution in [3.8, 4) is 0 Å². The molecule has 1 aromatic carbocycles. The molecule has 1 aromatic rings. The summed E-state index contributed by atoms with van der Waals surface area (Å²) in [5, 5.41) is 0. The monoisotopic (exact) mass is 384 g/mol. The molecule has 0 aromatic heterocycles. The predicted molar refractivity (Wildman–Crippen MR) is 108 cm³/mol. The number of ether oxygens (including phenoxy) is 1. The van der Waals surface area contributed by atoms with Crippen LogP contribution < -0.4 is 0 Å². The second-order valence-electron chi connectivity index (χ2n) is 8.48. The summed E-state index contributed by atoms with van der Waals surface area (Å²) in [5.41, 5.74) is 2.12. The van der Waals surface area contributed by atoms with Crippen LogP contribution in [0, 0.1) is 5.92 Å². The van der Waals surface area contributed by atoms with Crippen molar-refractivity contribution in [2.45, 2.75) is 50.9 Å². The Labute approximate surface area is 168 Å². The van der Waals surface area contributed by atoms with Gasteiger partial charge in [-0.2, -0.15) is 0 Å². The second-order valence-corrected chi connectivity index (χ2v) is 8.48. The van der Waals surface area contributed by atoms with E-state index in [1.165, 1.54) is 37.7 Å². The molecule has 2 saturated heterocycles. The first-order valence-corrected chi connectivity index (χ1v) is 11.0. The zero-order chi connectivity index (χ0) is 19.3. The van der Waals surface area contributed by atoms with E-state index < -0.39 is 0 Å². The second kappa shape index (κ2) is 9.08. The molecule has 4 rings (SSSR count). The lowest BCUT2D eigenvalue weighted by Gasteiger charge is -2.36. The van der Waals surface area contributed by atoms with Crippen molar-refractivity contribution < 1.29 is 14.3 Å². The van der Waals surface area contributed by atoms with Crippen LogP contribution in [0.3, 0.4) is 0 Å². The summed E-state index contributed by atoms with van der Waals surface area (Å²) >= 11 is 0. The summed E-state index contributed by atoms with van der Waals surface area (Å²) in [4.78, 5) is 29.6. The smallest absolute Gasteiger partial charge is 0.253 e. The minimum absolute atomic E-state index is 0.0645. The Bertz CT molecular complexity index is 676. The number of carbonyl (C=O) groups is 2. The molecule has 0 N–H and O–H groups in total. The third kappa shape index (κ3) is 4.40. The van der Waals surface area contributed by atoms with E-state index in [-0.39, 0.29) is 17.7 Å². The lowest BCUT2D eigenvalue weighted by Crippen LogP contribution is -2.49. The van der Waals surface area contributed by atoms with Crippen LogP contribution in [0.15, 0.2) is 24.3 Å². The van der Waals surface area contributed by atoms with Crippen LogP contribution in [0.4, 0.5) is 0 Å². The third-order valence-electron chi connectivity index (χ3n) is 6.61. The van der Waals surface area contributed by atoms with Crippen molar-refractivity contribution in [1.29, 1.82) is 0 Å². The maximum absolute atomic E-state index is 13.0. The molecule has 152 valence electrons. The molecule has 2 heterocycles. The summed E-state index contributed by atoms with van der Waals surface area (Å²) in [6, 6.07) is 8.26. The van der Waals surface area contributed by atoms with E-state index >= 15 is 0 Å². The lowest BCUT2D eigenvalue weighted by molar-refractivity contribution is -0.141. The number of hydrogen-bond donors (Lipinski definition) is 0. The molecule has 5 nitrogen and oxygen atoms in total. The van der Waals surface area contributed by atoms with Gasteiger partial charge in [-0.15, -0.1) is 0 Å². The highest BCUT2D eigenvalue weighted by atomic mass is 16.5. The first-order valence-electron chi connectivity index (χ1n) is 11.0. The molecule has 2 amide bonds. The van der Waals surface area contributed by atoms with E-state index in [9.17, 15) is 9.59 Å². The molecular formula is C23H32N2O3. The van der Waals surface area contributed by atoms with Gasteiger partial charge in [0.1, 0.15) is 0 Å². The predicted octanol–water partition coefficient (Wildman–Crippen LogP) is 3.45. The SMILES string of the molecule is O=C(c1ccc(C2CCCCC2)cc1)N1CCCC(C(=O)N2CCOCC2)C1. The fraction of sp³-hybridized carbons (Fsp3) is 0.652. The fourth-order valence-corrected chi connectivity index (χ4v) is 4.92. The van der Waals surface area contributed by atoms with Gasteiger partial charge >= 0.3 is 0 Å². The topological polar surface area (TPSA) is 49.9 Å². The van der Waals surface area contributed by atoms with Gasteiger partial charge < -0.3 is 14.5 Å². The number of rotatable bonds is 3. The molecule has 5 heteroatoms. The van der Waals surface area contributed by atoms with Crippen molar-refractivity contribution in [3.05, 3.63) is 35.4 Å². The van der Waals surface area contributed by atoms with E-state index in [0.29, 0.717) is 38.8 Å². The quantitative estimate of drug-likeness (QED) is 0.802. The lowest BCUT2D eigenvalue weighted by atomic mass is 9.84. The molecule has 1 aliphatic carbocycles. The number of amides is 2. The summed E-state index contributed by atoms with van der Waals surface area (Å²) < 4.78 is 5.35. The Morgan fingerprint density at radius 1 is 0.821 bits per heavy atom. The Morgan fingerprint density at radius 2 is 1.54 bits per heavy atom. The van der Waals surface area contributed by atoms with E-state index in [4.69, 9.17) is 4.74 Å². The van der Waals surface area contributed by atoms with Crippen LogP contribution in [0.25, 0.3) is 0 Å². The molecule has 0 bridgehead atoms. The van der Waals surface area contributed by atoms with E-state index in [0.717, 1.165) is 24.9 Å². The maximum Gasteiger partial charge on any atom is 0.253 e. The zero-order valence-electron chi connectivity index (χ0n) is 16.8. The highest BCUT2D eigenvalue weighted by molar-refractivity contribution is 5.94. The van der Waals surface area contributed by atoms with E-state index in [1.807, 2.05) is 21.9 Å². The minimum atomic E-state index is -0.0719. The molecule has 3 aliphatic rings. The number of hydrogen-bond acceptors (Lipinski definition) is 3. The largest absolute Gasteiger partial charge is 0.378 e. The van der Waals surface area contributed by atoms with Gasteiger partial charge in [-0.25, -0.2) is 0 Å². The van der Waals surface area contributed by atoms with Crippen LogP contribution in [-0.4, -0.2) is 61.0 Å². The highest BCUT2D eigenvalue weighted by Crippen LogP contribution is 2.32. The zero-order valence-corrected chi connectivity index (χ0v) is 16.8. The van der Waals surface area contributed by atoms with Gasteiger partial charge in [0.15, 0.2) is 0 Å². The molecule has 0 radical (unpaired) electrons. The van der Waals surface area contributed by atoms with Crippen LogP contribution in [0.5, 0.6) is 0 Å². The molecule has 1 unspecified atom stereocenters. The van der Waals surface area contributed by atoms with Crippen molar-refractivity contribution in [3.63, 3.8) is 0 Å². The van der Waals surface area contributed by atoms with Gasteiger partial charge in [-0.05, 0) is 49.3 Å². The standard InChI is InChI=1S/C23H32N2O3/c26-22(20-10-8-19(9-11-20)18-5-2-1-3-6-18)25-12-4-7-21(17-25)23(27)24-13-15-28-16-14-24/h8-11,18,21H,1-7,12-17H2. The third-order valence-corrected chi connectivity index (χ3v) is 6.61. The van der Waals surface area contributed by atoms with Gasteiger partial charge in [0.2, 0.25) is 5.91 Å². The maximum atomic E-state index is 13.0. The number of piperidine rings is 1. The summed E-state index contributed by atoms with van der Waals surface area (Å²) in [6.07, 6.45) is 8.30. The first kappa shape index (κ1) is 19.4. The number of likely N-dealkylation sites (tertiary alicyclic amines) is 1. The van der Waals surface area contributed by atoms with Gasteiger partial charge in [-0.1, -0.05) is 31.4 Å². The number of nitrogens with zero attached hydrogens (tertiary/aromatic N) is 2. The van der Waals surface area contributed by atoms with E-state index in [2.05, 4.69) is 12.1 Å². The first-order chi connectivity index (χ1) is 13.7. The normalized spacial score (nSPS) is 24.2. The van der Waals surface area contributed by atoms with Crippen LogP contribution in [-0.2, 0) is 9.53 Å². The summed E-state index contributed by atoms with van der Waals surface area (Å²) in [6.45, 7) is 3.87. The Kier molecular flexibility index (Phi) is 6.30. The average Bonchev–Trinajstić information content (AvgIpc) is 2.79. The molecule has 3 fully saturated rings. The van der Waals surface area contributed by atoms with Crippen LogP contribution in [0.2, 0.25) is 0 Å². The molecule has 0 spiro atoms. The van der Waals surface area contributed by atoms with Crippen molar-refractivity contribution in [2.24, 2.45) is 5.92 Å². The fourth-order valence-electron chi connectivity index (χ4n) is 4.92. The average molecular weight is 385 g/mol. The van der Waals surface area contributed by atoms with E-state index in [1.54, 1.807) is 0 Å². The number of benzene rings is 1. The van der Waals surface area contributed by atoms with Gasteiger partial charge in [0.25, 0.3) is 5.91 Å². The Morgan fingerprint density at radius 3 is 2.25 bits per heavy atom. The summed E-state index contributed by atoms with van der Waals surface area (Å²) in [7, 11) is 0. The minimum Gasteiger partial charge on any atom is -0.378 e.